The first-order chi connectivity index (χ1) is 12.7. The molecule has 3 aromatic heterocycles. The topological polar surface area (TPSA) is 53.6 Å². The second kappa shape index (κ2) is 7.52. The minimum Gasteiger partial charge on any atom is -0.369 e. The quantitative estimate of drug-likeness (QED) is 0.626. The van der Waals surface area contributed by atoms with E-state index in [9.17, 15) is 0 Å². The predicted molar refractivity (Wildman–Crippen MR) is 108 cm³/mol. The van der Waals surface area contributed by atoms with Gasteiger partial charge in [-0.25, -0.2) is 9.97 Å². The monoisotopic (exact) mass is 384 g/mol. The zero-order chi connectivity index (χ0) is 17.9. The largest absolute Gasteiger partial charge is 0.369 e. The number of nitrogens with one attached hydrogen (secondary N) is 2. The van der Waals surface area contributed by atoms with Crippen LogP contribution in [0.4, 0.5) is 5.82 Å². The number of anilines is 1. The molecule has 0 aliphatic heterocycles. The van der Waals surface area contributed by atoms with E-state index in [1.54, 1.807) is 6.20 Å². The Morgan fingerprint density at radius 1 is 1.19 bits per heavy atom. The summed E-state index contributed by atoms with van der Waals surface area (Å²) in [5.41, 5.74) is 3.16. The molecule has 4 nitrogen and oxygen atoms in total. The van der Waals surface area contributed by atoms with Crippen LogP contribution in [0.25, 0.3) is 11.0 Å². The average molecular weight is 385 g/mol. The number of allylic oxidation sites excluding steroid dienone is 3. The molecule has 1 aliphatic rings. The van der Waals surface area contributed by atoms with Crippen LogP contribution in [0.15, 0.2) is 60.0 Å². The fraction of sp³-hybridized carbons (Fsp3) is 0.200. The Morgan fingerprint density at radius 3 is 2.88 bits per heavy atom. The lowest BCUT2D eigenvalue weighted by molar-refractivity contribution is 0.689. The lowest BCUT2D eigenvalue weighted by Crippen LogP contribution is -2.13. The normalized spacial score (nSPS) is 16.7. The number of aromatic nitrogens is 3. The lowest BCUT2D eigenvalue weighted by Gasteiger charge is -2.15. The molecule has 0 saturated carbocycles. The third-order valence-electron chi connectivity index (χ3n) is 4.49. The predicted octanol–water partition coefficient (Wildman–Crippen LogP) is 5.31. The zero-order valence-electron chi connectivity index (χ0n) is 14.0. The third-order valence-corrected chi connectivity index (χ3v) is 4.98. The van der Waals surface area contributed by atoms with E-state index in [2.05, 4.69) is 32.4 Å². The van der Waals surface area contributed by atoms with Gasteiger partial charge in [-0.3, -0.25) is 0 Å². The average Bonchev–Trinajstić information content (AvgIpc) is 3.04. The Hall–Kier alpha value is -2.30. The number of halogens is 2. The first-order valence-electron chi connectivity index (χ1n) is 8.51. The summed E-state index contributed by atoms with van der Waals surface area (Å²) in [6.45, 7) is 0.843. The van der Waals surface area contributed by atoms with Crippen LogP contribution in [0.1, 0.15) is 17.5 Å². The number of hydrogen-bond donors (Lipinski definition) is 2. The van der Waals surface area contributed by atoms with E-state index in [1.165, 1.54) is 0 Å². The maximum atomic E-state index is 6.07. The van der Waals surface area contributed by atoms with E-state index in [-0.39, 0.29) is 0 Å². The Labute approximate surface area is 162 Å². The number of pyridine rings is 2. The van der Waals surface area contributed by atoms with Gasteiger partial charge in [0.1, 0.15) is 11.5 Å². The SMILES string of the molecule is ClC1=CCC(CNc2ccc(Cc3c[nH]c4ncc(Cl)cc34)cn2)C=C1. The van der Waals surface area contributed by atoms with Gasteiger partial charge >= 0.3 is 0 Å². The van der Waals surface area contributed by atoms with Crippen molar-refractivity contribution in [3.63, 3.8) is 0 Å². The molecule has 0 spiro atoms. The highest BCUT2D eigenvalue weighted by Gasteiger charge is 2.09. The Kier molecular flexibility index (Phi) is 4.96. The van der Waals surface area contributed by atoms with Gasteiger partial charge in [0, 0.05) is 42.0 Å². The van der Waals surface area contributed by atoms with Crippen molar-refractivity contribution >= 4 is 40.1 Å². The van der Waals surface area contributed by atoms with Crippen molar-refractivity contribution in [3.05, 3.63) is 76.2 Å². The molecule has 3 aromatic rings. The van der Waals surface area contributed by atoms with Crippen LogP contribution < -0.4 is 5.32 Å². The fourth-order valence-corrected chi connectivity index (χ4v) is 3.38. The van der Waals surface area contributed by atoms with Gasteiger partial charge in [0.2, 0.25) is 0 Å². The molecule has 26 heavy (non-hydrogen) atoms. The molecular weight excluding hydrogens is 367 g/mol. The van der Waals surface area contributed by atoms with E-state index < -0.39 is 0 Å². The van der Waals surface area contributed by atoms with Gasteiger partial charge in [0.15, 0.2) is 0 Å². The van der Waals surface area contributed by atoms with Gasteiger partial charge in [0.05, 0.1) is 5.02 Å². The molecule has 4 rings (SSSR count). The van der Waals surface area contributed by atoms with Crippen molar-refractivity contribution in [2.24, 2.45) is 5.92 Å². The molecule has 2 N–H and O–H groups in total. The molecule has 0 fully saturated rings. The van der Waals surface area contributed by atoms with E-state index in [0.29, 0.717) is 10.9 Å². The highest BCUT2D eigenvalue weighted by molar-refractivity contribution is 6.31. The molecule has 0 bridgehead atoms. The van der Waals surface area contributed by atoms with Crippen LogP contribution in [0.3, 0.4) is 0 Å². The van der Waals surface area contributed by atoms with Crippen molar-refractivity contribution in [3.8, 4) is 0 Å². The summed E-state index contributed by atoms with van der Waals surface area (Å²) in [7, 11) is 0. The van der Waals surface area contributed by atoms with Crippen LogP contribution >= 0.6 is 23.2 Å². The Balaban J connectivity index is 1.39. The number of fused-ring (bicyclic) bond motifs is 1. The van der Waals surface area contributed by atoms with Gasteiger partial charge in [-0.1, -0.05) is 41.4 Å². The molecule has 0 saturated heterocycles. The Morgan fingerprint density at radius 2 is 2.12 bits per heavy atom. The number of H-pyrrole nitrogens is 1. The van der Waals surface area contributed by atoms with Crippen molar-refractivity contribution in [1.29, 1.82) is 0 Å². The third kappa shape index (κ3) is 3.92. The summed E-state index contributed by atoms with van der Waals surface area (Å²) in [5.74, 6) is 1.33. The first kappa shape index (κ1) is 17.1. The van der Waals surface area contributed by atoms with E-state index in [4.69, 9.17) is 23.2 Å². The molecule has 0 aromatic carbocycles. The summed E-state index contributed by atoms with van der Waals surface area (Å²) in [5, 5.41) is 5.90. The van der Waals surface area contributed by atoms with E-state index in [1.807, 2.05) is 36.7 Å². The highest BCUT2D eigenvalue weighted by Crippen LogP contribution is 2.23. The summed E-state index contributed by atoms with van der Waals surface area (Å²) in [6.07, 6.45) is 13.4. The van der Waals surface area contributed by atoms with Gasteiger partial charge in [-0.15, -0.1) is 0 Å². The van der Waals surface area contributed by atoms with Crippen molar-refractivity contribution in [2.45, 2.75) is 12.8 Å². The summed E-state index contributed by atoms with van der Waals surface area (Å²) >= 11 is 12.0. The van der Waals surface area contributed by atoms with Gasteiger partial charge in [-0.2, -0.15) is 0 Å². The minimum absolute atomic E-state index is 0.447. The van der Waals surface area contributed by atoms with Crippen LogP contribution in [-0.4, -0.2) is 21.5 Å². The number of rotatable bonds is 5. The summed E-state index contributed by atoms with van der Waals surface area (Å²) < 4.78 is 0. The standard InChI is InChI=1S/C20H18Cl2N4/c21-16-4-1-13(2-5-16)9-23-19-6-3-14(10-24-19)7-15-11-25-20-18(15)8-17(22)12-26-20/h1,3-6,8,10-13H,2,7,9H2,(H,23,24)(H,25,26). The van der Waals surface area contributed by atoms with Crippen LogP contribution in [-0.2, 0) is 6.42 Å². The second-order valence-corrected chi connectivity index (χ2v) is 7.29. The number of nitrogens with zero attached hydrogens (tertiary/aromatic N) is 2. The second-order valence-electron chi connectivity index (χ2n) is 6.42. The lowest BCUT2D eigenvalue weighted by atomic mass is 10.0. The molecule has 1 unspecified atom stereocenters. The Bertz CT molecular complexity index is 973. The van der Waals surface area contributed by atoms with Crippen molar-refractivity contribution in [1.82, 2.24) is 15.0 Å². The molecule has 1 aliphatic carbocycles. The summed E-state index contributed by atoms with van der Waals surface area (Å²) in [6, 6.07) is 6.06. The van der Waals surface area contributed by atoms with Gasteiger partial charge < -0.3 is 10.3 Å². The van der Waals surface area contributed by atoms with E-state index >= 15 is 0 Å². The molecule has 0 amide bonds. The zero-order valence-corrected chi connectivity index (χ0v) is 15.6. The maximum Gasteiger partial charge on any atom is 0.137 e. The smallest absolute Gasteiger partial charge is 0.137 e. The molecule has 3 heterocycles. The number of aromatic amines is 1. The molecule has 1 atom stereocenters. The van der Waals surface area contributed by atoms with Crippen molar-refractivity contribution in [2.75, 3.05) is 11.9 Å². The highest BCUT2D eigenvalue weighted by atomic mass is 35.5. The first-order valence-corrected chi connectivity index (χ1v) is 9.27. The van der Waals surface area contributed by atoms with Crippen molar-refractivity contribution < 1.29 is 0 Å². The molecule has 6 heteroatoms. The molecule has 132 valence electrons. The summed E-state index contributed by atoms with van der Waals surface area (Å²) in [4.78, 5) is 12.0. The van der Waals surface area contributed by atoms with Gasteiger partial charge in [-0.05, 0) is 41.7 Å². The number of hydrogen-bond acceptors (Lipinski definition) is 3. The van der Waals surface area contributed by atoms with Crippen LogP contribution in [0.2, 0.25) is 5.02 Å². The van der Waals surface area contributed by atoms with E-state index in [0.717, 1.165) is 52.4 Å². The molecular formula is C20H18Cl2N4. The van der Waals surface area contributed by atoms with Crippen LogP contribution in [0.5, 0.6) is 0 Å². The van der Waals surface area contributed by atoms with Crippen LogP contribution in [0, 0.1) is 5.92 Å². The maximum absolute atomic E-state index is 6.07. The molecule has 0 radical (unpaired) electrons. The fourth-order valence-electron chi connectivity index (χ4n) is 3.06. The minimum atomic E-state index is 0.447. The van der Waals surface area contributed by atoms with Gasteiger partial charge in [0.25, 0.3) is 0 Å².